The van der Waals surface area contributed by atoms with Crippen molar-refractivity contribution in [2.24, 2.45) is 5.73 Å². The number of hydrogen-bond donors (Lipinski definition) is 1. The number of rotatable bonds is 4. The molecule has 0 spiro atoms. The summed E-state index contributed by atoms with van der Waals surface area (Å²) in [4.78, 5) is 10.6. The number of carbonyl (C=O) groups is 1. The Balaban J connectivity index is 2.62. The molecule has 0 aliphatic heterocycles. The van der Waals surface area contributed by atoms with Crippen molar-refractivity contribution in [1.29, 1.82) is 0 Å². The molecule has 2 nitrogen and oxygen atoms in total. The van der Waals surface area contributed by atoms with Crippen molar-refractivity contribution in [3.8, 4) is 0 Å². The molecule has 0 fully saturated rings. The molecule has 0 saturated carbocycles. The zero-order valence-electron chi connectivity index (χ0n) is 8.70. The highest BCUT2D eigenvalue weighted by Crippen LogP contribution is 2.36. The van der Waals surface area contributed by atoms with Crippen LogP contribution in [0.15, 0.2) is 35.2 Å². The van der Waals surface area contributed by atoms with Gasteiger partial charge in [0.05, 0.1) is 0 Å². The molecular formula is C11H10F3NOS. The van der Waals surface area contributed by atoms with Gasteiger partial charge in [-0.3, -0.25) is 4.79 Å². The number of halogens is 3. The standard InChI is InChI=1S/C11H10F3NOS/c12-11(13,14)17-9-6-4-8(5-7-9)2-1-3-10(15)16/h1-2,4-7H,3H2,(H2,15,16). The van der Waals surface area contributed by atoms with E-state index >= 15 is 0 Å². The average Bonchev–Trinajstić information content (AvgIpc) is 2.18. The van der Waals surface area contributed by atoms with Crippen molar-refractivity contribution in [3.05, 3.63) is 35.9 Å². The van der Waals surface area contributed by atoms with E-state index < -0.39 is 11.4 Å². The van der Waals surface area contributed by atoms with Gasteiger partial charge in [0.25, 0.3) is 0 Å². The van der Waals surface area contributed by atoms with Gasteiger partial charge < -0.3 is 5.73 Å². The van der Waals surface area contributed by atoms with E-state index in [4.69, 9.17) is 5.73 Å². The molecule has 1 rings (SSSR count). The molecule has 2 N–H and O–H groups in total. The summed E-state index contributed by atoms with van der Waals surface area (Å²) in [5.74, 6) is -0.453. The molecule has 0 aromatic heterocycles. The Morgan fingerprint density at radius 3 is 2.35 bits per heavy atom. The normalized spacial score (nSPS) is 11.9. The third-order valence-corrected chi connectivity index (χ3v) is 2.48. The Morgan fingerprint density at radius 2 is 1.88 bits per heavy atom. The van der Waals surface area contributed by atoms with Crippen LogP contribution in [0.2, 0.25) is 0 Å². The summed E-state index contributed by atoms with van der Waals surface area (Å²) in [5, 5.41) is 0. The summed E-state index contributed by atoms with van der Waals surface area (Å²) in [5.41, 5.74) is 1.38. The lowest BCUT2D eigenvalue weighted by atomic mass is 10.2. The first-order valence-electron chi connectivity index (χ1n) is 4.67. The fourth-order valence-corrected chi connectivity index (χ4v) is 1.63. The molecular weight excluding hydrogens is 251 g/mol. The van der Waals surface area contributed by atoms with Crippen LogP contribution in [-0.2, 0) is 4.79 Å². The van der Waals surface area contributed by atoms with Gasteiger partial charge in [-0.15, -0.1) is 0 Å². The van der Waals surface area contributed by atoms with E-state index in [9.17, 15) is 18.0 Å². The van der Waals surface area contributed by atoms with Gasteiger partial charge in [-0.25, -0.2) is 0 Å². The average molecular weight is 261 g/mol. The van der Waals surface area contributed by atoms with Crippen LogP contribution in [0.25, 0.3) is 6.08 Å². The van der Waals surface area contributed by atoms with Gasteiger partial charge in [0.1, 0.15) is 0 Å². The van der Waals surface area contributed by atoms with Crippen LogP contribution < -0.4 is 5.73 Å². The van der Waals surface area contributed by atoms with Crippen LogP contribution in [-0.4, -0.2) is 11.4 Å². The third kappa shape index (κ3) is 6.01. The summed E-state index contributed by atoms with van der Waals surface area (Å²) >= 11 is -0.160. The molecule has 0 bridgehead atoms. The largest absolute Gasteiger partial charge is 0.446 e. The fraction of sp³-hybridized carbons (Fsp3) is 0.182. The Kier molecular flexibility index (Phi) is 4.62. The maximum Gasteiger partial charge on any atom is 0.446 e. The van der Waals surface area contributed by atoms with Gasteiger partial charge in [0, 0.05) is 11.3 Å². The number of primary amides is 1. The molecule has 92 valence electrons. The third-order valence-electron chi connectivity index (χ3n) is 1.74. The number of nitrogens with two attached hydrogens (primary N) is 1. The Morgan fingerprint density at radius 1 is 1.29 bits per heavy atom. The van der Waals surface area contributed by atoms with Gasteiger partial charge in [0.15, 0.2) is 0 Å². The molecule has 17 heavy (non-hydrogen) atoms. The highest BCUT2D eigenvalue weighted by Gasteiger charge is 2.28. The second-order valence-corrected chi connectivity index (χ2v) is 4.33. The van der Waals surface area contributed by atoms with Crippen LogP contribution in [0, 0.1) is 0 Å². The lowest BCUT2D eigenvalue weighted by Gasteiger charge is -2.05. The summed E-state index contributed by atoms with van der Waals surface area (Å²) < 4.78 is 36.1. The summed E-state index contributed by atoms with van der Waals surface area (Å²) in [6, 6.07) is 5.85. The molecule has 0 atom stereocenters. The lowest BCUT2D eigenvalue weighted by Crippen LogP contribution is -2.07. The molecule has 0 unspecified atom stereocenters. The van der Waals surface area contributed by atoms with Gasteiger partial charge in [-0.1, -0.05) is 24.3 Å². The predicted octanol–water partition coefficient (Wildman–Crippen LogP) is 3.19. The van der Waals surface area contributed by atoms with Crippen molar-refractivity contribution >= 4 is 23.7 Å². The van der Waals surface area contributed by atoms with E-state index in [0.717, 1.165) is 5.56 Å². The topological polar surface area (TPSA) is 43.1 Å². The second kappa shape index (κ2) is 5.77. The molecule has 6 heteroatoms. The highest BCUT2D eigenvalue weighted by atomic mass is 32.2. The van der Waals surface area contributed by atoms with Gasteiger partial charge in [-0.2, -0.15) is 13.2 Å². The van der Waals surface area contributed by atoms with Crippen molar-refractivity contribution in [2.75, 3.05) is 0 Å². The molecule has 1 amide bonds. The molecule has 1 aromatic rings. The van der Waals surface area contributed by atoms with Crippen LogP contribution in [0.1, 0.15) is 12.0 Å². The molecule has 1 aromatic carbocycles. The first kappa shape index (κ1) is 13.6. The summed E-state index contributed by atoms with van der Waals surface area (Å²) in [6.07, 6.45) is 3.31. The van der Waals surface area contributed by atoms with Crippen molar-refractivity contribution < 1.29 is 18.0 Å². The smallest absolute Gasteiger partial charge is 0.369 e. The van der Waals surface area contributed by atoms with E-state index in [1.54, 1.807) is 24.3 Å². The lowest BCUT2D eigenvalue weighted by molar-refractivity contribution is -0.117. The van der Waals surface area contributed by atoms with E-state index in [-0.39, 0.29) is 23.1 Å². The Bertz CT molecular complexity index is 412. The van der Waals surface area contributed by atoms with E-state index in [0.29, 0.717) is 0 Å². The van der Waals surface area contributed by atoms with E-state index in [1.165, 1.54) is 12.1 Å². The monoisotopic (exact) mass is 261 g/mol. The second-order valence-electron chi connectivity index (χ2n) is 3.19. The number of thioether (sulfide) groups is 1. The minimum Gasteiger partial charge on any atom is -0.369 e. The van der Waals surface area contributed by atoms with Crippen molar-refractivity contribution in [1.82, 2.24) is 0 Å². The predicted molar refractivity (Wildman–Crippen MR) is 61.2 cm³/mol. The van der Waals surface area contributed by atoms with Crippen molar-refractivity contribution in [2.45, 2.75) is 16.8 Å². The zero-order chi connectivity index (χ0) is 12.9. The minimum atomic E-state index is -4.27. The Hall–Kier alpha value is -1.43. The van der Waals surface area contributed by atoms with Crippen LogP contribution in [0.4, 0.5) is 13.2 Å². The maximum absolute atomic E-state index is 12.0. The molecule has 0 aliphatic rings. The minimum absolute atomic E-state index is 0.110. The number of carbonyl (C=O) groups excluding carboxylic acids is 1. The van der Waals surface area contributed by atoms with E-state index in [1.807, 2.05) is 0 Å². The van der Waals surface area contributed by atoms with Gasteiger partial charge >= 0.3 is 5.51 Å². The fourth-order valence-electron chi connectivity index (χ4n) is 1.09. The van der Waals surface area contributed by atoms with Crippen LogP contribution in [0.3, 0.4) is 0 Å². The first-order valence-corrected chi connectivity index (χ1v) is 5.49. The number of alkyl halides is 3. The first-order chi connectivity index (χ1) is 7.87. The molecule has 0 radical (unpaired) electrons. The molecule has 0 heterocycles. The Labute approximate surface area is 101 Å². The zero-order valence-corrected chi connectivity index (χ0v) is 9.52. The van der Waals surface area contributed by atoms with Crippen LogP contribution >= 0.6 is 11.8 Å². The van der Waals surface area contributed by atoms with Crippen LogP contribution in [0.5, 0.6) is 0 Å². The number of hydrogen-bond acceptors (Lipinski definition) is 2. The molecule has 0 saturated heterocycles. The van der Waals surface area contributed by atoms with Gasteiger partial charge in [0.2, 0.25) is 5.91 Å². The summed E-state index contributed by atoms with van der Waals surface area (Å²) in [7, 11) is 0. The highest BCUT2D eigenvalue weighted by molar-refractivity contribution is 8.00. The van der Waals surface area contributed by atoms with Gasteiger partial charge in [-0.05, 0) is 29.5 Å². The molecule has 0 aliphatic carbocycles. The van der Waals surface area contributed by atoms with Crippen molar-refractivity contribution in [3.63, 3.8) is 0 Å². The summed E-state index contributed by atoms with van der Waals surface area (Å²) in [6.45, 7) is 0. The maximum atomic E-state index is 12.0. The van der Waals surface area contributed by atoms with E-state index in [2.05, 4.69) is 0 Å². The number of benzene rings is 1. The number of amides is 1. The quantitative estimate of drug-likeness (QED) is 0.846. The SMILES string of the molecule is NC(=O)CC=Cc1ccc(SC(F)(F)F)cc1.